The first-order chi connectivity index (χ1) is 7.70. The minimum atomic E-state index is 1.03. The predicted octanol–water partition coefficient (Wildman–Crippen LogP) is 4.26. The van der Waals surface area contributed by atoms with Crippen molar-refractivity contribution in [2.75, 3.05) is 5.73 Å². The zero-order valence-electron chi connectivity index (χ0n) is 11.0. The van der Waals surface area contributed by atoms with E-state index in [0.29, 0.717) is 0 Å². The van der Waals surface area contributed by atoms with Crippen LogP contribution in [0.25, 0.3) is 0 Å². The van der Waals surface area contributed by atoms with E-state index < -0.39 is 0 Å². The number of nitrogens with two attached hydrogens (primary N) is 1. The highest BCUT2D eigenvalue weighted by atomic mass is 14.6. The molecule has 0 saturated heterocycles. The molecule has 0 fully saturated rings. The fourth-order valence-corrected chi connectivity index (χ4v) is 2.08. The van der Waals surface area contributed by atoms with Crippen molar-refractivity contribution in [3.8, 4) is 0 Å². The maximum Gasteiger partial charge on any atom is 0.0379 e. The van der Waals surface area contributed by atoms with Crippen LogP contribution in [0.1, 0.15) is 56.2 Å². The number of rotatable bonds is 6. The van der Waals surface area contributed by atoms with Crippen molar-refractivity contribution in [3.63, 3.8) is 0 Å². The molecule has 0 aromatic heterocycles. The van der Waals surface area contributed by atoms with Crippen molar-refractivity contribution in [2.24, 2.45) is 0 Å². The summed E-state index contributed by atoms with van der Waals surface area (Å²) in [5.41, 5.74) is 11.3. The number of aryl methyl sites for hydroxylation is 2. The van der Waals surface area contributed by atoms with Crippen LogP contribution in [0.15, 0.2) is 12.1 Å². The monoisotopic (exact) mass is 219 g/mol. The Morgan fingerprint density at radius 2 is 1.62 bits per heavy atom. The zero-order valence-corrected chi connectivity index (χ0v) is 11.0. The molecule has 2 N–H and O–H groups in total. The molecule has 1 rings (SSSR count). The van der Waals surface area contributed by atoms with Crippen LogP contribution in [0, 0.1) is 6.92 Å². The number of anilines is 1. The van der Waals surface area contributed by atoms with Gasteiger partial charge in [-0.05, 0) is 49.3 Å². The SMILES string of the molecule is CCCCc1ccc(C)c(N)c1CCCC. The second-order valence-corrected chi connectivity index (χ2v) is 4.64. The molecule has 1 nitrogen and oxygen atoms in total. The molecule has 16 heavy (non-hydrogen) atoms. The van der Waals surface area contributed by atoms with E-state index in [1.54, 1.807) is 0 Å². The number of benzene rings is 1. The Labute approximate surface area is 100 Å². The maximum atomic E-state index is 6.20. The van der Waals surface area contributed by atoms with Crippen LogP contribution in [0.4, 0.5) is 5.69 Å². The zero-order chi connectivity index (χ0) is 12.0. The van der Waals surface area contributed by atoms with E-state index >= 15 is 0 Å². The molecule has 90 valence electrons. The molecule has 1 aromatic carbocycles. The lowest BCUT2D eigenvalue weighted by molar-refractivity contribution is 0.759. The molecule has 0 atom stereocenters. The molecule has 0 aliphatic heterocycles. The second-order valence-electron chi connectivity index (χ2n) is 4.64. The normalized spacial score (nSPS) is 10.7. The molecule has 0 amide bonds. The minimum Gasteiger partial charge on any atom is -0.398 e. The Hall–Kier alpha value is -0.980. The molecule has 0 saturated carbocycles. The molecule has 1 heteroatoms. The summed E-state index contributed by atoms with van der Waals surface area (Å²) in [4.78, 5) is 0. The molecule has 0 heterocycles. The van der Waals surface area contributed by atoms with Gasteiger partial charge in [-0.15, -0.1) is 0 Å². The Balaban J connectivity index is 2.91. The molecule has 0 unspecified atom stereocenters. The van der Waals surface area contributed by atoms with Crippen molar-refractivity contribution in [3.05, 3.63) is 28.8 Å². The van der Waals surface area contributed by atoms with Crippen LogP contribution in [-0.4, -0.2) is 0 Å². The van der Waals surface area contributed by atoms with Crippen LogP contribution in [0.5, 0.6) is 0 Å². The van der Waals surface area contributed by atoms with Gasteiger partial charge in [0.05, 0.1) is 0 Å². The lowest BCUT2D eigenvalue weighted by Gasteiger charge is -2.14. The molecule has 0 aliphatic rings. The van der Waals surface area contributed by atoms with Crippen molar-refractivity contribution in [2.45, 2.75) is 59.3 Å². The first kappa shape index (κ1) is 13.1. The summed E-state index contributed by atoms with van der Waals surface area (Å²) in [5.74, 6) is 0. The molecule has 0 bridgehead atoms. The maximum absolute atomic E-state index is 6.20. The molecule has 0 radical (unpaired) electrons. The molecular weight excluding hydrogens is 194 g/mol. The van der Waals surface area contributed by atoms with Gasteiger partial charge in [-0.25, -0.2) is 0 Å². The topological polar surface area (TPSA) is 26.0 Å². The standard InChI is InChI=1S/C15H25N/c1-4-6-8-13-11-10-12(3)15(16)14(13)9-7-5-2/h10-11H,4-9,16H2,1-3H3. The first-order valence-corrected chi connectivity index (χ1v) is 6.57. The van der Waals surface area contributed by atoms with Gasteiger partial charge >= 0.3 is 0 Å². The van der Waals surface area contributed by atoms with Crippen LogP contribution < -0.4 is 5.73 Å². The van der Waals surface area contributed by atoms with E-state index in [1.165, 1.54) is 48.8 Å². The van der Waals surface area contributed by atoms with E-state index in [1.807, 2.05) is 0 Å². The van der Waals surface area contributed by atoms with Gasteiger partial charge in [-0.1, -0.05) is 38.8 Å². The van der Waals surface area contributed by atoms with E-state index in [4.69, 9.17) is 5.73 Å². The van der Waals surface area contributed by atoms with E-state index in [2.05, 4.69) is 32.9 Å². The second kappa shape index (κ2) is 6.57. The van der Waals surface area contributed by atoms with Crippen LogP contribution in [0.2, 0.25) is 0 Å². The third-order valence-corrected chi connectivity index (χ3v) is 3.25. The van der Waals surface area contributed by atoms with Gasteiger partial charge in [0.2, 0.25) is 0 Å². The van der Waals surface area contributed by atoms with Crippen molar-refractivity contribution in [1.29, 1.82) is 0 Å². The number of nitrogen functional groups attached to an aromatic ring is 1. The Bertz CT molecular complexity index is 328. The summed E-state index contributed by atoms with van der Waals surface area (Å²) in [7, 11) is 0. The van der Waals surface area contributed by atoms with Gasteiger partial charge in [-0.3, -0.25) is 0 Å². The number of unbranched alkanes of at least 4 members (excludes halogenated alkanes) is 2. The lowest BCUT2D eigenvalue weighted by Crippen LogP contribution is -2.03. The van der Waals surface area contributed by atoms with E-state index in [0.717, 1.165) is 12.1 Å². The number of hydrogen-bond donors (Lipinski definition) is 1. The summed E-state index contributed by atoms with van der Waals surface area (Å²) in [5, 5.41) is 0. The average Bonchev–Trinajstić information content (AvgIpc) is 2.29. The van der Waals surface area contributed by atoms with Crippen molar-refractivity contribution in [1.82, 2.24) is 0 Å². The first-order valence-electron chi connectivity index (χ1n) is 6.57. The lowest BCUT2D eigenvalue weighted by atomic mass is 9.94. The smallest absolute Gasteiger partial charge is 0.0379 e. The summed E-state index contributed by atoms with van der Waals surface area (Å²) in [6.07, 6.45) is 7.32. The fourth-order valence-electron chi connectivity index (χ4n) is 2.08. The summed E-state index contributed by atoms with van der Waals surface area (Å²) in [6, 6.07) is 4.43. The highest BCUT2D eigenvalue weighted by Gasteiger charge is 2.07. The highest BCUT2D eigenvalue weighted by Crippen LogP contribution is 2.24. The van der Waals surface area contributed by atoms with Crippen molar-refractivity contribution < 1.29 is 0 Å². The largest absolute Gasteiger partial charge is 0.398 e. The highest BCUT2D eigenvalue weighted by molar-refractivity contribution is 5.56. The van der Waals surface area contributed by atoms with Gasteiger partial charge in [0.1, 0.15) is 0 Å². The fraction of sp³-hybridized carbons (Fsp3) is 0.600. The van der Waals surface area contributed by atoms with Gasteiger partial charge in [0, 0.05) is 5.69 Å². The molecular formula is C15H25N. The average molecular weight is 219 g/mol. The Morgan fingerprint density at radius 3 is 2.25 bits per heavy atom. The van der Waals surface area contributed by atoms with E-state index in [9.17, 15) is 0 Å². The quantitative estimate of drug-likeness (QED) is 0.711. The van der Waals surface area contributed by atoms with Gasteiger partial charge in [-0.2, -0.15) is 0 Å². The van der Waals surface area contributed by atoms with E-state index in [-0.39, 0.29) is 0 Å². The van der Waals surface area contributed by atoms with Crippen LogP contribution >= 0.6 is 0 Å². The van der Waals surface area contributed by atoms with Crippen LogP contribution in [-0.2, 0) is 12.8 Å². The summed E-state index contributed by atoms with van der Waals surface area (Å²) >= 11 is 0. The molecule has 0 spiro atoms. The van der Waals surface area contributed by atoms with Gasteiger partial charge in [0.15, 0.2) is 0 Å². The Kier molecular flexibility index (Phi) is 5.37. The molecule has 0 aliphatic carbocycles. The van der Waals surface area contributed by atoms with Gasteiger partial charge in [0.25, 0.3) is 0 Å². The van der Waals surface area contributed by atoms with Crippen molar-refractivity contribution >= 4 is 5.69 Å². The third kappa shape index (κ3) is 3.26. The number of hydrogen-bond acceptors (Lipinski definition) is 1. The summed E-state index contributed by atoms with van der Waals surface area (Å²) in [6.45, 7) is 6.58. The minimum absolute atomic E-state index is 1.03. The Morgan fingerprint density at radius 1 is 1.00 bits per heavy atom. The molecule has 1 aromatic rings. The van der Waals surface area contributed by atoms with Gasteiger partial charge < -0.3 is 5.73 Å². The third-order valence-electron chi connectivity index (χ3n) is 3.25. The van der Waals surface area contributed by atoms with Crippen LogP contribution in [0.3, 0.4) is 0 Å². The summed E-state index contributed by atoms with van der Waals surface area (Å²) < 4.78 is 0. The predicted molar refractivity (Wildman–Crippen MR) is 72.8 cm³/mol.